The molecule has 0 saturated carbocycles. The summed E-state index contributed by atoms with van der Waals surface area (Å²) in [5.41, 5.74) is 0. The van der Waals surface area contributed by atoms with Gasteiger partial charge in [-0.2, -0.15) is 0 Å². The molecule has 134 valence electrons. The number of carbonyl (C=O) groups is 1. The van der Waals surface area contributed by atoms with Crippen LogP contribution in [0.15, 0.2) is 0 Å². The second-order valence-electron chi connectivity index (χ2n) is 7.24. The highest BCUT2D eigenvalue weighted by molar-refractivity contribution is 5.77. The van der Waals surface area contributed by atoms with Crippen LogP contribution in [0.1, 0.15) is 51.4 Å². The largest absolute Gasteiger partial charge is 0.396 e. The molecule has 2 heterocycles. The zero-order chi connectivity index (χ0) is 16.3. The minimum atomic E-state index is 0.178. The molecule has 2 saturated heterocycles. The molecule has 5 nitrogen and oxygen atoms in total. The molecule has 0 aliphatic carbocycles. The normalized spacial score (nSPS) is 24.8. The Hall–Kier alpha value is -0.650. The van der Waals surface area contributed by atoms with Gasteiger partial charge in [-0.1, -0.05) is 19.3 Å². The van der Waals surface area contributed by atoms with E-state index in [1.807, 2.05) is 0 Å². The van der Waals surface area contributed by atoms with E-state index in [1.54, 1.807) is 0 Å². The van der Waals surface area contributed by atoms with E-state index in [0.29, 0.717) is 19.1 Å². The highest BCUT2D eigenvalue weighted by Gasteiger charge is 2.18. The van der Waals surface area contributed by atoms with Crippen LogP contribution in [-0.2, 0) is 4.79 Å². The van der Waals surface area contributed by atoms with Gasteiger partial charge in [0.05, 0.1) is 6.54 Å². The Morgan fingerprint density at radius 2 is 1.70 bits per heavy atom. The standard InChI is InChI=1S/C18H35N3O2/c22-16-17-8-6-12-20(14-17)13-7-9-19-18(23)15-21-10-4-2-1-3-5-11-21/h17,22H,1-16H2,(H,19,23)/t17-/m0/s1. The first-order chi connectivity index (χ1) is 11.3. The van der Waals surface area contributed by atoms with Crippen LogP contribution in [0.2, 0.25) is 0 Å². The van der Waals surface area contributed by atoms with Crippen molar-refractivity contribution in [2.24, 2.45) is 5.92 Å². The zero-order valence-corrected chi connectivity index (χ0v) is 14.6. The zero-order valence-electron chi connectivity index (χ0n) is 14.6. The highest BCUT2D eigenvalue weighted by Crippen LogP contribution is 2.15. The van der Waals surface area contributed by atoms with Crippen LogP contribution in [0.4, 0.5) is 0 Å². The summed E-state index contributed by atoms with van der Waals surface area (Å²) in [5, 5.41) is 12.3. The van der Waals surface area contributed by atoms with Gasteiger partial charge in [-0.15, -0.1) is 0 Å². The van der Waals surface area contributed by atoms with E-state index in [2.05, 4.69) is 15.1 Å². The predicted molar refractivity (Wildman–Crippen MR) is 93.4 cm³/mol. The Morgan fingerprint density at radius 3 is 2.43 bits per heavy atom. The summed E-state index contributed by atoms with van der Waals surface area (Å²) in [5.74, 6) is 0.628. The van der Waals surface area contributed by atoms with E-state index >= 15 is 0 Å². The number of amides is 1. The van der Waals surface area contributed by atoms with Crippen molar-refractivity contribution in [1.82, 2.24) is 15.1 Å². The molecule has 0 aromatic carbocycles. The Morgan fingerprint density at radius 1 is 1.00 bits per heavy atom. The lowest BCUT2D eigenvalue weighted by Gasteiger charge is -2.31. The third kappa shape index (κ3) is 7.64. The fraction of sp³-hybridized carbons (Fsp3) is 0.944. The first-order valence-electron chi connectivity index (χ1n) is 9.60. The van der Waals surface area contributed by atoms with Crippen LogP contribution in [0.5, 0.6) is 0 Å². The van der Waals surface area contributed by atoms with Crippen LogP contribution >= 0.6 is 0 Å². The van der Waals surface area contributed by atoms with Crippen LogP contribution < -0.4 is 5.32 Å². The average Bonchev–Trinajstić information content (AvgIpc) is 2.54. The lowest BCUT2D eigenvalue weighted by Crippen LogP contribution is -2.41. The number of rotatable bonds is 7. The molecule has 1 amide bonds. The molecule has 0 aromatic heterocycles. The molecule has 0 unspecified atom stereocenters. The van der Waals surface area contributed by atoms with Gasteiger partial charge in [0.1, 0.15) is 0 Å². The number of piperidine rings is 1. The van der Waals surface area contributed by atoms with Gasteiger partial charge in [-0.05, 0) is 64.2 Å². The second kappa shape index (κ2) is 11.0. The molecular formula is C18H35N3O2. The minimum Gasteiger partial charge on any atom is -0.396 e. The predicted octanol–water partition coefficient (Wildman–Crippen LogP) is 1.46. The maximum atomic E-state index is 12.1. The molecule has 0 aromatic rings. The lowest BCUT2D eigenvalue weighted by atomic mass is 9.99. The van der Waals surface area contributed by atoms with Gasteiger partial charge in [-0.3, -0.25) is 9.69 Å². The second-order valence-corrected chi connectivity index (χ2v) is 7.24. The molecule has 5 heteroatoms. The molecule has 0 spiro atoms. The number of likely N-dealkylation sites (tertiary alicyclic amines) is 2. The summed E-state index contributed by atoms with van der Waals surface area (Å²) in [7, 11) is 0. The minimum absolute atomic E-state index is 0.178. The Bertz CT molecular complexity index is 330. The van der Waals surface area contributed by atoms with Crippen molar-refractivity contribution in [1.29, 1.82) is 0 Å². The number of carbonyl (C=O) groups excluding carboxylic acids is 1. The van der Waals surface area contributed by atoms with Crippen LogP contribution in [-0.4, -0.2) is 73.2 Å². The van der Waals surface area contributed by atoms with Gasteiger partial charge in [0.25, 0.3) is 0 Å². The summed E-state index contributed by atoms with van der Waals surface area (Å²) in [6.45, 7) is 6.97. The van der Waals surface area contributed by atoms with Crippen LogP contribution in [0.3, 0.4) is 0 Å². The fourth-order valence-corrected chi connectivity index (χ4v) is 3.76. The molecule has 2 aliphatic rings. The highest BCUT2D eigenvalue weighted by atomic mass is 16.3. The lowest BCUT2D eigenvalue weighted by molar-refractivity contribution is -0.122. The van der Waals surface area contributed by atoms with E-state index in [0.717, 1.165) is 52.1 Å². The van der Waals surface area contributed by atoms with Crippen molar-refractivity contribution in [3.8, 4) is 0 Å². The number of hydrogen-bond acceptors (Lipinski definition) is 4. The van der Waals surface area contributed by atoms with Gasteiger partial charge >= 0.3 is 0 Å². The number of aliphatic hydroxyl groups is 1. The molecule has 0 bridgehead atoms. The van der Waals surface area contributed by atoms with Crippen molar-refractivity contribution in [3.05, 3.63) is 0 Å². The summed E-state index contributed by atoms with van der Waals surface area (Å²) in [4.78, 5) is 16.8. The maximum Gasteiger partial charge on any atom is 0.234 e. The van der Waals surface area contributed by atoms with E-state index in [1.165, 1.54) is 38.5 Å². The molecule has 2 rings (SSSR count). The van der Waals surface area contributed by atoms with E-state index in [4.69, 9.17) is 0 Å². The topological polar surface area (TPSA) is 55.8 Å². The number of nitrogens with zero attached hydrogens (tertiary/aromatic N) is 2. The summed E-state index contributed by atoms with van der Waals surface area (Å²) >= 11 is 0. The number of nitrogens with one attached hydrogen (secondary N) is 1. The third-order valence-electron chi connectivity index (χ3n) is 5.15. The average molecular weight is 325 g/mol. The van der Waals surface area contributed by atoms with Gasteiger partial charge in [0, 0.05) is 19.7 Å². The molecule has 2 N–H and O–H groups in total. The van der Waals surface area contributed by atoms with Crippen molar-refractivity contribution >= 4 is 5.91 Å². The summed E-state index contributed by atoms with van der Waals surface area (Å²) in [6, 6.07) is 0. The third-order valence-corrected chi connectivity index (χ3v) is 5.15. The van der Waals surface area contributed by atoms with Crippen molar-refractivity contribution < 1.29 is 9.90 Å². The maximum absolute atomic E-state index is 12.1. The molecule has 2 fully saturated rings. The Balaban J connectivity index is 1.53. The van der Waals surface area contributed by atoms with Gasteiger partial charge in [0.2, 0.25) is 5.91 Å². The summed E-state index contributed by atoms with van der Waals surface area (Å²) < 4.78 is 0. The van der Waals surface area contributed by atoms with Crippen LogP contribution in [0.25, 0.3) is 0 Å². The van der Waals surface area contributed by atoms with E-state index < -0.39 is 0 Å². The molecule has 0 radical (unpaired) electrons. The van der Waals surface area contributed by atoms with Crippen LogP contribution in [0, 0.1) is 5.92 Å². The van der Waals surface area contributed by atoms with E-state index in [-0.39, 0.29) is 5.91 Å². The monoisotopic (exact) mass is 325 g/mol. The fourth-order valence-electron chi connectivity index (χ4n) is 3.76. The smallest absolute Gasteiger partial charge is 0.234 e. The van der Waals surface area contributed by atoms with Gasteiger partial charge < -0.3 is 15.3 Å². The molecule has 1 atom stereocenters. The first kappa shape index (κ1) is 18.7. The van der Waals surface area contributed by atoms with Gasteiger partial charge in [0.15, 0.2) is 0 Å². The van der Waals surface area contributed by atoms with Crippen molar-refractivity contribution in [2.45, 2.75) is 51.4 Å². The van der Waals surface area contributed by atoms with Crippen molar-refractivity contribution in [2.75, 3.05) is 52.4 Å². The molecular weight excluding hydrogens is 290 g/mol. The van der Waals surface area contributed by atoms with E-state index in [9.17, 15) is 9.90 Å². The SMILES string of the molecule is O=C(CN1CCCCCCC1)NCCCN1CCC[C@H](CO)C1. The molecule has 2 aliphatic heterocycles. The number of hydrogen-bond donors (Lipinski definition) is 2. The quantitative estimate of drug-likeness (QED) is 0.696. The van der Waals surface area contributed by atoms with Crippen molar-refractivity contribution in [3.63, 3.8) is 0 Å². The number of aliphatic hydroxyl groups excluding tert-OH is 1. The first-order valence-corrected chi connectivity index (χ1v) is 9.60. The summed E-state index contributed by atoms with van der Waals surface area (Å²) in [6.07, 6.45) is 9.78. The molecule has 23 heavy (non-hydrogen) atoms. The Labute approximate surface area is 141 Å². The Kier molecular flexibility index (Phi) is 8.94. The van der Waals surface area contributed by atoms with Gasteiger partial charge in [-0.25, -0.2) is 0 Å².